The number of methoxy groups -OCH3 is 1. The average molecular weight is 363 g/mol. The third-order valence-electron chi connectivity index (χ3n) is 2.30. The molecular weight excluding hydrogens is 348 g/mol. The first-order chi connectivity index (χ1) is 9.95. The van der Waals surface area contributed by atoms with Crippen molar-refractivity contribution in [2.45, 2.75) is 6.54 Å². The SMILES string of the molecule is COC(=O)Cn1ncc(NCCOCC(N)=O)c(Br)c1=O. The maximum atomic E-state index is 11.9. The zero-order valence-corrected chi connectivity index (χ0v) is 12.9. The lowest BCUT2D eigenvalue weighted by Crippen LogP contribution is -2.28. The predicted octanol–water partition coefficient (Wildman–Crippen LogP) is -0.907. The molecule has 21 heavy (non-hydrogen) atoms. The van der Waals surface area contributed by atoms with Crippen LogP contribution in [0.5, 0.6) is 0 Å². The molecule has 0 spiro atoms. The number of hydrogen-bond acceptors (Lipinski definition) is 7. The fourth-order valence-corrected chi connectivity index (χ4v) is 1.77. The molecule has 0 aliphatic carbocycles. The number of nitrogens with two attached hydrogens (primary N) is 1. The molecule has 1 amide bonds. The Labute approximate surface area is 128 Å². The van der Waals surface area contributed by atoms with Crippen LogP contribution in [0.1, 0.15) is 0 Å². The minimum atomic E-state index is -0.572. The molecular formula is C11H15BrN4O5. The van der Waals surface area contributed by atoms with Crippen LogP contribution in [-0.2, 0) is 25.6 Å². The number of ether oxygens (including phenoxy) is 2. The van der Waals surface area contributed by atoms with E-state index in [1.165, 1.54) is 13.3 Å². The summed E-state index contributed by atoms with van der Waals surface area (Å²) in [6, 6.07) is 0. The van der Waals surface area contributed by atoms with Gasteiger partial charge in [-0.25, -0.2) is 4.68 Å². The van der Waals surface area contributed by atoms with Crippen molar-refractivity contribution < 1.29 is 19.1 Å². The Morgan fingerprint density at radius 1 is 1.52 bits per heavy atom. The molecule has 10 heteroatoms. The summed E-state index contributed by atoms with van der Waals surface area (Å²) in [5, 5.41) is 6.76. The van der Waals surface area contributed by atoms with Gasteiger partial charge in [0.2, 0.25) is 5.91 Å². The summed E-state index contributed by atoms with van der Waals surface area (Å²) in [5.41, 5.74) is 4.89. The number of primary amides is 1. The molecule has 0 radical (unpaired) electrons. The summed E-state index contributed by atoms with van der Waals surface area (Å²) in [4.78, 5) is 33.5. The van der Waals surface area contributed by atoms with E-state index < -0.39 is 17.4 Å². The zero-order valence-electron chi connectivity index (χ0n) is 11.3. The summed E-state index contributed by atoms with van der Waals surface area (Å²) >= 11 is 3.13. The van der Waals surface area contributed by atoms with E-state index in [-0.39, 0.29) is 24.2 Å². The molecule has 0 fully saturated rings. The first-order valence-corrected chi connectivity index (χ1v) is 6.67. The van der Waals surface area contributed by atoms with Crippen LogP contribution >= 0.6 is 15.9 Å². The third kappa shape index (κ3) is 5.52. The first-order valence-electron chi connectivity index (χ1n) is 5.88. The zero-order chi connectivity index (χ0) is 15.8. The number of hydrogen-bond donors (Lipinski definition) is 2. The van der Waals surface area contributed by atoms with Gasteiger partial charge in [-0.05, 0) is 15.9 Å². The van der Waals surface area contributed by atoms with Gasteiger partial charge in [-0.2, -0.15) is 5.10 Å². The van der Waals surface area contributed by atoms with E-state index in [2.05, 4.69) is 31.1 Å². The van der Waals surface area contributed by atoms with Crippen molar-refractivity contribution in [2.75, 3.05) is 32.2 Å². The molecule has 0 bridgehead atoms. The third-order valence-corrected chi connectivity index (χ3v) is 3.06. The maximum absolute atomic E-state index is 11.9. The van der Waals surface area contributed by atoms with Gasteiger partial charge in [-0.15, -0.1) is 0 Å². The van der Waals surface area contributed by atoms with Crippen molar-refractivity contribution in [3.8, 4) is 0 Å². The summed E-state index contributed by atoms with van der Waals surface area (Å²) in [6.45, 7) is 0.159. The molecule has 1 aromatic heterocycles. The second-order valence-electron chi connectivity index (χ2n) is 3.86. The molecule has 0 atom stereocenters. The number of anilines is 1. The van der Waals surface area contributed by atoms with Crippen LogP contribution in [0.25, 0.3) is 0 Å². The van der Waals surface area contributed by atoms with Gasteiger partial charge >= 0.3 is 5.97 Å². The second kappa shape index (κ2) is 8.37. The topological polar surface area (TPSA) is 126 Å². The molecule has 3 N–H and O–H groups in total. The Bertz CT molecular complexity index is 574. The van der Waals surface area contributed by atoms with Crippen molar-refractivity contribution in [1.29, 1.82) is 0 Å². The molecule has 0 aromatic carbocycles. The van der Waals surface area contributed by atoms with E-state index in [4.69, 9.17) is 10.5 Å². The summed E-state index contributed by atoms with van der Waals surface area (Å²) < 4.78 is 10.6. The monoisotopic (exact) mass is 362 g/mol. The number of rotatable bonds is 8. The standard InChI is InChI=1S/C11H15BrN4O5/c1-20-9(18)5-16-11(19)10(12)7(4-15-16)14-2-3-21-6-8(13)17/h4,14H,2-3,5-6H2,1H3,(H2,13,17). The van der Waals surface area contributed by atoms with Gasteiger partial charge in [0.1, 0.15) is 17.6 Å². The quantitative estimate of drug-likeness (QED) is 0.453. The fraction of sp³-hybridized carbons (Fsp3) is 0.455. The van der Waals surface area contributed by atoms with Crippen LogP contribution < -0.4 is 16.6 Å². The molecule has 0 saturated carbocycles. The molecule has 1 rings (SSSR count). The number of carbonyl (C=O) groups excluding carboxylic acids is 2. The second-order valence-corrected chi connectivity index (χ2v) is 4.65. The molecule has 1 heterocycles. The Morgan fingerprint density at radius 2 is 2.24 bits per heavy atom. The summed E-state index contributed by atoms with van der Waals surface area (Å²) in [5.74, 6) is -1.12. The molecule has 0 aliphatic heterocycles. The van der Waals surface area contributed by atoms with Crippen molar-refractivity contribution in [3.05, 3.63) is 21.0 Å². The number of nitrogens with zero attached hydrogens (tertiary/aromatic N) is 2. The number of carbonyl (C=O) groups is 2. The van der Waals surface area contributed by atoms with Crippen molar-refractivity contribution in [3.63, 3.8) is 0 Å². The van der Waals surface area contributed by atoms with E-state index in [0.29, 0.717) is 12.2 Å². The van der Waals surface area contributed by atoms with Gasteiger partial charge < -0.3 is 20.5 Å². The van der Waals surface area contributed by atoms with Crippen LogP contribution in [0.2, 0.25) is 0 Å². The fourth-order valence-electron chi connectivity index (χ4n) is 1.32. The number of halogens is 1. The van der Waals surface area contributed by atoms with E-state index in [1.54, 1.807) is 0 Å². The molecule has 9 nitrogen and oxygen atoms in total. The normalized spacial score (nSPS) is 10.2. The number of aromatic nitrogens is 2. The van der Waals surface area contributed by atoms with E-state index in [1.807, 2.05) is 0 Å². The lowest BCUT2D eigenvalue weighted by molar-refractivity contribution is -0.141. The Kier molecular flexibility index (Phi) is 6.82. The van der Waals surface area contributed by atoms with E-state index in [0.717, 1.165) is 4.68 Å². The van der Waals surface area contributed by atoms with Crippen molar-refractivity contribution >= 4 is 33.5 Å². The molecule has 0 saturated heterocycles. The van der Waals surface area contributed by atoms with Crippen LogP contribution in [0.15, 0.2) is 15.5 Å². The van der Waals surface area contributed by atoms with Gasteiger partial charge in [-0.3, -0.25) is 14.4 Å². The van der Waals surface area contributed by atoms with Crippen LogP contribution in [0, 0.1) is 0 Å². The highest BCUT2D eigenvalue weighted by Gasteiger charge is 2.11. The largest absolute Gasteiger partial charge is 0.468 e. The van der Waals surface area contributed by atoms with Crippen LogP contribution in [-0.4, -0.2) is 48.5 Å². The number of amides is 1. The predicted molar refractivity (Wildman–Crippen MR) is 76.7 cm³/mol. The van der Waals surface area contributed by atoms with Crippen LogP contribution in [0.4, 0.5) is 5.69 Å². The minimum absolute atomic E-state index is 0.165. The molecule has 116 valence electrons. The summed E-state index contributed by atoms with van der Waals surface area (Å²) in [6.07, 6.45) is 1.39. The Balaban J connectivity index is 2.61. The lowest BCUT2D eigenvalue weighted by Gasteiger charge is -2.10. The van der Waals surface area contributed by atoms with Gasteiger partial charge in [0.25, 0.3) is 5.56 Å². The van der Waals surface area contributed by atoms with Crippen LogP contribution in [0.3, 0.4) is 0 Å². The smallest absolute Gasteiger partial charge is 0.327 e. The minimum Gasteiger partial charge on any atom is -0.468 e. The van der Waals surface area contributed by atoms with E-state index >= 15 is 0 Å². The van der Waals surface area contributed by atoms with Gasteiger partial charge in [0.05, 0.1) is 25.6 Å². The highest BCUT2D eigenvalue weighted by Crippen LogP contribution is 2.15. The Morgan fingerprint density at radius 3 is 2.86 bits per heavy atom. The van der Waals surface area contributed by atoms with Gasteiger partial charge in [-0.1, -0.05) is 0 Å². The van der Waals surface area contributed by atoms with Crippen molar-refractivity contribution in [1.82, 2.24) is 9.78 Å². The highest BCUT2D eigenvalue weighted by atomic mass is 79.9. The first kappa shape index (κ1) is 17.1. The molecule has 1 aromatic rings. The molecule has 0 unspecified atom stereocenters. The average Bonchev–Trinajstić information content (AvgIpc) is 2.45. The number of esters is 1. The van der Waals surface area contributed by atoms with Gasteiger partial charge in [0.15, 0.2) is 0 Å². The van der Waals surface area contributed by atoms with E-state index in [9.17, 15) is 14.4 Å². The lowest BCUT2D eigenvalue weighted by atomic mass is 10.4. The maximum Gasteiger partial charge on any atom is 0.327 e. The van der Waals surface area contributed by atoms with Gasteiger partial charge in [0, 0.05) is 6.54 Å². The Hall–Kier alpha value is -1.94. The van der Waals surface area contributed by atoms with Crippen molar-refractivity contribution in [2.24, 2.45) is 5.73 Å². The highest BCUT2D eigenvalue weighted by molar-refractivity contribution is 9.10. The number of nitrogens with one attached hydrogen (secondary N) is 1. The summed E-state index contributed by atoms with van der Waals surface area (Å²) in [7, 11) is 1.23. The molecule has 0 aliphatic rings.